The summed E-state index contributed by atoms with van der Waals surface area (Å²) in [4.78, 5) is 47.0. The molecule has 0 aliphatic heterocycles. The SMILES string of the molecule is CCCCC/C=C\C=C\C(=O)CCCCCCCC(=O)OC[C@H](COP(=O)(O)OC[C@@H](O)CO)OC(=O)CCCCCCCCC/C=C\C/C=C\CCCCC. The van der Waals surface area contributed by atoms with Crippen molar-refractivity contribution in [2.75, 3.05) is 26.4 Å². The lowest BCUT2D eigenvalue weighted by atomic mass is 10.1. The van der Waals surface area contributed by atoms with Gasteiger partial charge in [-0.1, -0.05) is 133 Å². The van der Waals surface area contributed by atoms with Gasteiger partial charge in [0.25, 0.3) is 0 Å². The molecule has 0 saturated carbocycles. The van der Waals surface area contributed by atoms with E-state index >= 15 is 0 Å². The van der Waals surface area contributed by atoms with Gasteiger partial charge in [-0.2, -0.15) is 0 Å². The molecule has 1 unspecified atom stereocenters. The van der Waals surface area contributed by atoms with Crippen LogP contribution < -0.4 is 0 Å². The van der Waals surface area contributed by atoms with E-state index < -0.39 is 51.8 Å². The van der Waals surface area contributed by atoms with E-state index in [4.69, 9.17) is 19.1 Å². The minimum Gasteiger partial charge on any atom is -0.462 e. The molecule has 0 spiro atoms. The van der Waals surface area contributed by atoms with Crippen LogP contribution in [-0.4, -0.2) is 71.5 Å². The van der Waals surface area contributed by atoms with Crippen LogP contribution in [0.3, 0.4) is 0 Å². The number of carbonyl (C=O) groups excluding carboxylic acids is 3. The van der Waals surface area contributed by atoms with Gasteiger partial charge in [0.15, 0.2) is 11.9 Å². The maximum absolute atomic E-state index is 12.6. The molecule has 0 rings (SSSR count). The van der Waals surface area contributed by atoms with E-state index in [1.54, 1.807) is 12.2 Å². The fraction of sp³-hybridized carbons (Fsp3) is 0.750. The Morgan fingerprint density at radius 2 is 1.09 bits per heavy atom. The van der Waals surface area contributed by atoms with Gasteiger partial charge in [-0.3, -0.25) is 23.4 Å². The number of carbonyl (C=O) groups is 3. The minimum absolute atomic E-state index is 0.106. The third kappa shape index (κ3) is 38.5. The lowest BCUT2D eigenvalue weighted by Crippen LogP contribution is -2.29. The topological polar surface area (TPSA) is 166 Å². The fourth-order valence-electron chi connectivity index (χ4n) is 5.53. The molecule has 0 saturated heterocycles. The highest BCUT2D eigenvalue weighted by Crippen LogP contribution is 2.43. The number of hydrogen-bond donors (Lipinski definition) is 3. The molecule has 0 aromatic heterocycles. The zero-order chi connectivity index (χ0) is 41.4. The normalized spacial score (nSPS) is 14.2. The van der Waals surface area contributed by atoms with E-state index in [9.17, 15) is 28.9 Å². The van der Waals surface area contributed by atoms with Crippen molar-refractivity contribution in [1.82, 2.24) is 0 Å². The molecule has 0 bridgehead atoms. The summed E-state index contributed by atoms with van der Waals surface area (Å²) in [5.41, 5.74) is 0. The summed E-state index contributed by atoms with van der Waals surface area (Å²) < 4.78 is 32.6. The van der Waals surface area contributed by atoms with E-state index in [2.05, 4.69) is 48.8 Å². The largest absolute Gasteiger partial charge is 0.472 e. The van der Waals surface area contributed by atoms with Crippen molar-refractivity contribution in [2.24, 2.45) is 0 Å². The highest BCUT2D eigenvalue weighted by Gasteiger charge is 2.27. The van der Waals surface area contributed by atoms with E-state index in [1.807, 2.05) is 6.08 Å². The highest BCUT2D eigenvalue weighted by molar-refractivity contribution is 7.47. The van der Waals surface area contributed by atoms with Gasteiger partial charge >= 0.3 is 19.8 Å². The molecule has 0 amide bonds. The van der Waals surface area contributed by atoms with Crippen molar-refractivity contribution in [2.45, 2.75) is 187 Å². The van der Waals surface area contributed by atoms with Crippen molar-refractivity contribution in [3.63, 3.8) is 0 Å². The monoisotopic (exact) mass is 813 g/mol. The Balaban J connectivity index is 4.40. The van der Waals surface area contributed by atoms with Crippen molar-refractivity contribution in [3.05, 3.63) is 48.6 Å². The number of hydrogen-bond acceptors (Lipinski definition) is 10. The molecule has 324 valence electrons. The van der Waals surface area contributed by atoms with Crippen LogP contribution in [-0.2, 0) is 37.5 Å². The maximum Gasteiger partial charge on any atom is 0.472 e. The molecule has 0 heterocycles. The first kappa shape index (κ1) is 53.6. The van der Waals surface area contributed by atoms with Crippen LogP contribution in [0.1, 0.15) is 174 Å². The van der Waals surface area contributed by atoms with Gasteiger partial charge in [-0.05, 0) is 70.3 Å². The van der Waals surface area contributed by atoms with Crippen molar-refractivity contribution in [1.29, 1.82) is 0 Å². The second kappa shape index (κ2) is 39.4. The molecule has 3 N–H and O–H groups in total. The van der Waals surface area contributed by atoms with E-state index in [1.165, 1.54) is 57.8 Å². The van der Waals surface area contributed by atoms with Gasteiger partial charge in [0.1, 0.15) is 12.7 Å². The van der Waals surface area contributed by atoms with Crippen LogP contribution in [0.15, 0.2) is 48.6 Å². The Morgan fingerprint density at radius 3 is 1.68 bits per heavy atom. The van der Waals surface area contributed by atoms with Crippen LogP contribution in [0, 0.1) is 0 Å². The number of esters is 2. The number of aliphatic hydroxyl groups is 2. The first-order valence-corrected chi connectivity index (χ1v) is 23.0. The number of ketones is 1. The van der Waals surface area contributed by atoms with Gasteiger partial charge < -0.3 is 24.6 Å². The number of phosphoric ester groups is 1. The standard InChI is InChI=1S/C44H77O11P/c1-3-5-7-9-11-12-13-14-15-16-17-18-19-20-22-26-31-35-44(49)55-42(39-54-56(50,51)53-37-41(47)36-45)38-52-43(48)34-30-27-23-25-29-33-40(46)32-28-24-21-10-8-6-4-2/h11-12,14-15,21,24,28,32,41-42,45,47H,3-10,13,16-20,22-23,25-27,29-31,33-39H2,1-2H3,(H,50,51)/b12-11-,15-14-,24-21-,32-28+/t41-,42+/m0/s1. The summed E-state index contributed by atoms with van der Waals surface area (Å²) in [5.74, 6) is -0.922. The molecule has 0 aliphatic rings. The van der Waals surface area contributed by atoms with Crippen LogP contribution >= 0.6 is 7.82 Å². The predicted octanol–water partition coefficient (Wildman–Crippen LogP) is 10.5. The molecule has 0 aliphatic carbocycles. The van der Waals surface area contributed by atoms with Crippen molar-refractivity contribution < 1.29 is 52.6 Å². The average molecular weight is 813 g/mol. The Hall–Kier alpha value is -2.40. The van der Waals surface area contributed by atoms with E-state index in [-0.39, 0.29) is 25.2 Å². The van der Waals surface area contributed by atoms with Gasteiger partial charge in [0.2, 0.25) is 0 Å². The summed E-state index contributed by atoms with van der Waals surface area (Å²) in [6, 6.07) is 0. The fourth-order valence-corrected chi connectivity index (χ4v) is 6.32. The number of phosphoric acid groups is 1. The Bertz CT molecular complexity index is 1130. The Labute approximate surface area is 339 Å². The lowest BCUT2D eigenvalue weighted by molar-refractivity contribution is -0.161. The van der Waals surface area contributed by atoms with E-state index in [0.717, 1.165) is 70.6 Å². The zero-order valence-corrected chi connectivity index (χ0v) is 35.7. The smallest absolute Gasteiger partial charge is 0.462 e. The molecule has 0 fully saturated rings. The second-order valence-corrected chi connectivity index (χ2v) is 15.8. The summed E-state index contributed by atoms with van der Waals surface area (Å²) >= 11 is 0. The number of allylic oxidation sites excluding steroid dienone is 8. The number of ether oxygens (including phenoxy) is 2. The molecule has 0 radical (unpaired) electrons. The maximum atomic E-state index is 12.6. The predicted molar refractivity (Wildman–Crippen MR) is 224 cm³/mol. The molecular weight excluding hydrogens is 735 g/mol. The van der Waals surface area contributed by atoms with Gasteiger partial charge in [0, 0.05) is 19.3 Å². The molecule has 11 nitrogen and oxygen atoms in total. The molecule has 3 atom stereocenters. The summed E-state index contributed by atoms with van der Waals surface area (Å²) in [5, 5.41) is 18.3. The van der Waals surface area contributed by atoms with Gasteiger partial charge in [0.05, 0.1) is 19.8 Å². The third-order valence-corrected chi connectivity index (χ3v) is 9.88. The third-order valence-electron chi connectivity index (χ3n) is 8.93. The summed E-state index contributed by atoms with van der Waals surface area (Å²) in [7, 11) is -4.65. The number of unbranched alkanes of at least 4 members (excludes halogenated alkanes) is 17. The molecular formula is C44H77O11P. The second-order valence-electron chi connectivity index (χ2n) is 14.4. The average Bonchev–Trinajstić information content (AvgIpc) is 3.18. The number of aliphatic hydroxyl groups excluding tert-OH is 2. The zero-order valence-electron chi connectivity index (χ0n) is 34.8. The Morgan fingerprint density at radius 1 is 0.589 bits per heavy atom. The summed E-state index contributed by atoms with van der Waals surface area (Å²) in [6.07, 6.45) is 37.5. The highest BCUT2D eigenvalue weighted by atomic mass is 31.2. The number of rotatable bonds is 40. The van der Waals surface area contributed by atoms with Gasteiger partial charge in [-0.15, -0.1) is 0 Å². The minimum atomic E-state index is -4.65. The van der Waals surface area contributed by atoms with Crippen LogP contribution in [0.25, 0.3) is 0 Å². The summed E-state index contributed by atoms with van der Waals surface area (Å²) in [6.45, 7) is 2.15. The van der Waals surface area contributed by atoms with Crippen molar-refractivity contribution in [3.8, 4) is 0 Å². The molecule has 56 heavy (non-hydrogen) atoms. The lowest BCUT2D eigenvalue weighted by Gasteiger charge is -2.20. The molecule has 12 heteroatoms. The van der Waals surface area contributed by atoms with Crippen LogP contribution in [0.5, 0.6) is 0 Å². The quantitative estimate of drug-likeness (QED) is 0.0135. The Kier molecular flexibility index (Phi) is 37.7. The van der Waals surface area contributed by atoms with Crippen LogP contribution in [0.2, 0.25) is 0 Å². The van der Waals surface area contributed by atoms with Gasteiger partial charge in [-0.25, -0.2) is 4.57 Å². The first-order chi connectivity index (χ1) is 27.1. The first-order valence-electron chi connectivity index (χ1n) is 21.5. The molecule has 0 aromatic carbocycles. The van der Waals surface area contributed by atoms with Crippen LogP contribution in [0.4, 0.5) is 0 Å². The van der Waals surface area contributed by atoms with Crippen molar-refractivity contribution >= 4 is 25.5 Å². The van der Waals surface area contributed by atoms with E-state index in [0.29, 0.717) is 19.3 Å². The molecule has 0 aromatic rings.